The standard InChI is InChI=1S/C9H7ClN2O/c10-6-2-1-5(3-11)8-7(12)4-13-9(6)8/h1-2,7H,4,12H2/t7-/m1/s1. The van der Waals surface area contributed by atoms with Gasteiger partial charge in [0.15, 0.2) is 0 Å². The van der Waals surface area contributed by atoms with Gasteiger partial charge in [0, 0.05) is 5.56 Å². The van der Waals surface area contributed by atoms with Crippen LogP contribution >= 0.6 is 11.6 Å². The molecule has 1 aliphatic rings. The zero-order valence-corrected chi connectivity index (χ0v) is 7.51. The second-order valence-corrected chi connectivity index (χ2v) is 3.27. The first-order valence-corrected chi connectivity index (χ1v) is 4.22. The molecule has 0 spiro atoms. The summed E-state index contributed by atoms with van der Waals surface area (Å²) in [6.07, 6.45) is 0. The van der Waals surface area contributed by atoms with Gasteiger partial charge in [-0.1, -0.05) is 11.6 Å². The van der Waals surface area contributed by atoms with E-state index in [4.69, 9.17) is 27.3 Å². The zero-order valence-electron chi connectivity index (χ0n) is 6.75. The Morgan fingerprint density at radius 3 is 3.08 bits per heavy atom. The summed E-state index contributed by atoms with van der Waals surface area (Å²) in [4.78, 5) is 0. The number of halogens is 1. The largest absolute Gasteiger partial charge is 0.490 e. The highest BCUT2D eigenvalue weighted by Gasteiger charge is 2.26. The van der Waals surface area contributed by atoms with Gasteiger partial charge >= 0.3 is 0 Å². The maximum atomic E-state index is 8.81. The second kappa shape index (κ2) is 2.91. The van der Waals surface area contributed by atoms with Crippen molar-refractivity contribution in [2.75, 3.05) is 6.61 Å². The van der Waals surface area contributed by atoms with Gasteiger partial charge < -0.3 is 10.5 Å². The number of nitrogens with zero attached hydrogens (tertiary/aromatic N) is 1. The number of rotatable bonds is 0. The summed E-state index contributed by atoms with van der Waals surface area (Å²) < 4.78 is 5.28. The highest BCUT2D eigenvalue weighted by Crippen LogP contribution is 2.39. The molecule has 0 aromatic heterocycles. The van der Waals surface area contributed by atoms with E-state index < -0.39 is 0 Å². The summed E-state index contributed by atoms with van der Waals surface area (Å²) in [5, 5.41) is 9.32. The number of fused-ring (bicyclic) bond motifs is 1. The molecule has 0 saturated heterocycles. The Hall–Kier alpha value is -1.24. The average molecular weight is 195 g/mol. The monoisotopic (exact) mass is 194 g/mol. The lowest BCUT2D eigenvalue weighted by Gasteiger charge is -2.03. The van der Waals surface area contributed by atoms with Crippen LogP contribution in [0.3, 0.4) is 0 Å². The van der Waals surface area contributed by atoms with E-state index in [1.54, 1.807) is 12.1 Å². The van der Waals surface area contributed by atoms with Crippen molar-refractivity contribution in [3.05, 3.63) is 28.3 Å². The van der Waals surface area contributed by atoms with Crippen LogP contribution in [0.4, 0.5) is 0 Å². The smallest absolute Gasteiger partial charge is 0.144 e. The molecule has 1 aromatic rings. The quantitative estimate of drug-likeness (QED) is 0.683. The molecule has 0 aliphatic carbocycles. The topological polar surface area (TPSA) is 59.0 Å². The molecule has 2 N–H and O–H groups in total. The third kappa shape index (κ3) is 1.15. The van der Waals surface area contributed by atoms with Crippen molar-refractivity contribution in [1.82, 2.24) is 0 Å². The van der Waals surface area contributed by atoms with Gasteiger partial charge in [0.2, 0.25) is 0 Å². The first-order valence-electron chi connectivity index (χ1n) is 3.85. The maximum Gasteiger partial charge on any atom is 0.144 e. The molecular weight excluding hydrogens is 188 g/mol. The fourth-order valence-electron chi connectivity index (χ4n) is 1.44. The Balaban J connectivity index is 2.68. The molecule has 1 atom stereocenters. The van der Waals surface area contributed by atoms with E-state index in [9.17, 15) is 0 Å². The van der Waals surface area contributed by atoms with Crippen LogP contribution in [0.1, 0.15) is 17.2 Å². The minimum absolute atomic E-state index is 0.233. The Morgan fingerprint density at radius 1 is 1.62 bits per heavy atom. The van der Waals surface area contributed by atoms with Crippen LogP contribution in [0.15, 0.2) is 12.1 Å². The average Bonchev–Trinajstić information content (AvgIpc) is 2.51. The Kier molecular flexibility index (Phi) is 1.87. The Morgan fingerprint density at radius 2 is 2.38 bits per heavy atom. The lowest BCUT2D eigenvalue weighted by Crippen LogP contribution is -2.11. The van der Waals surface area contributed by atoms with E-state index in [1.165, 1.54) is 0 Å². The zero-order chi connectivity index (χ0) is 9.42. The summed E-state index contributed by atoms with van der Waals surface area (Å²) >= 11 is 5.87. The molecule has 0 unspecified atom stereocenters. The summed E-state index contributed by atoms with van der Waals surface area (Å²) in [5.74, 6) is 0.563. The molecule has 0 amide bonds. The molecule has 13 heavy (non-hydrogen) atoms. The minimum atomic E-state index is -0.233. The van der Waals surface area contributed by atoms with Gasteiger partial charge in [-0.15, -0.1) is 0 Å². The Bertz CT molecular complexity index is 397. The van der Waals surface area contributed by atoms with Crippen molar-refractivity contribution in [2.45, 2.75) is 6.04 Å². The molecule has 0 bridgehead atoms. The molecule has 0 fully saturated rings. The van der Waals surface area contributed by atoms with Crippen LogP contribution in [0.2, 0.25) is 5.02 Å². The molecule has 2 rings (SSSR count). The fraction of sp³-hybridized carbons (Fsp3) is 0.222. The summed E-state index contributed by atoms with van der Waals surface area (Å²) in [6.45, 7) is 0.397. The SMILES string of the molecule is N#Cc1ccc(Cl)c2c1[C@H](N)CO2. The van der Waals surface area contributed by atoms with Crippen LogP contribution in [-0.4, -0.2) is 6.61 Å². The van der Waals surface area contributed by atoms with E-state index in [2.05, 4.69) is 6.07 Å². The van der Waals surface area contributed by atoms with Crippen LogP contribution < -0.4 is 10.5 Å². The molecule has 3 nitrogen and oxygen atoms in total. The van der Waals surface area contributed by atoms with Gasteiger partial charge in [-0.3, -0.25) is 0 Å². The second-order valence-electron chi connectivity index (χ2n) is 2.87. The number of hydrogen-bond acceptors (Lipinski definition) is 3. The van der Waals surface area contributed by atoms with Crippen molar-refractivity contribution in [2.24, 2.45) is 5.73 Å². The number of ether oxygens (including phenoxy) is 1. The molecule has 1 aliphatic heterocycles. The normalized spacial score (nSPS) is 19.0. The van der Waals surface area contributed by atoms with Crippen molar-refractivity contribution in [3.8, 4) is 11.8 Å². The number of benzene rings is 1. The molecule has 4 heteroatoms. The van der Waals surface area contributed by atoms with Gasteiger partial charge in [0.05, 0.1) is 22.7 Å². The van der Waals surface area contributed by atoms with E-state index >= 15 is 0 Å². The van der Waals surface area contributed by atoms with E-state index in [0.29, 0.717) is 22.9 Å². The lowest BCUT2D eigenvalue weighted by atomic mass is 10.0. The fourth-order valence-corrected chi connectivity index (χ4v) is 1.66. The summed E-state index contributed by atoms with van der Waals surface area (Å²) in [5.41, 5.74) is 7.03. The number of nitriles is 1. The van der Waals surface area contributed by atoms with Crippen molar-refractivity contribution in [1.29, 1.82) is 5.26 Å². The third-order valence-corrected chi connectivity index (χ3v) is 2.34. The minimum Gasteiger partial charge on any atom is -0.490 e. The third-order valence-electron chi connectivity index (χ3n) is 2.05. The van der Waals surface area contributed by atoms with E-state index in [-0.39, 0.29) is 6.04 Å². The van der Waals surface area contributed by atoms with Crippen LogP contribution in [0.5, 0.6) is 5.75 Å². The van der Waals surface area contributed by atoms with Crippen LogP contribution in [0.25, 0.3) is 0 Å². The summed E-state index contributed by atoms with van der Waals surface area (Å²) in [7, 11) is 0. The summed E-state index contributed by atoms with van der Waals surface area (Å²) in [6, 6.07) is 5.15. The van der Waals surface area contributed by atoms with E-state index in [1.807, 2.05) is 0 Å². The molecule has 1 aromatic carbocycles. The first kappa shape index (κ1) is 8.36. The van der Waals surface area contributed by atoms with Crippen LogP contribution in [-0.2, 0) is 0 Å². The predicted octanol–water partition coefficient (Wildman–Crippen LogP) is 1.60. The molecule has 66 valence electrons. The van der Waals surface area contributed by atoms with Gasteiger partial charge in [-0.2, -0.15) is 5.26 Å². The van der Waals surface area contributed by atoms with Crippen molar-refractivity contribution >= 4 is 11.6 Å². The number of nitrogens with two attached hydrogens (primary N) is 1. The van der Waals surface area contributed by atoms with E-state index in [0.717, 1.165) is 5.56 Å². The molecule has 0 saturated carbocycles. The van der Waals surface area contributed by atoms with Gasteiger partial charge in [-0.25, -0.2) is 0 Å². The maximum absolute atomic E-state index is 8.81. The Labute approximate surface area is 80.7 Å². The van der Waals surface area contributed by atoms with Gasteiger partial charge in [0.25, 0.3) is 0 Å². The van der Waals surface area contributed by atoms with Crippen LogP contribution in [0, 0.1) is 11.3 Å². The van der Waals surface area contributed by atoms with Crippen molar-refractivity contribution < 1.29 is 4.74 Å². The molecular formula is C9H7ClN2O. The predicted molar refractivity (Wildman–Crippen MR) is 48.6 cm³/mol. The molecule has 1 heterocycles. The highest BCUT2D eigenvalue weighted by atomic mass is 35.5. The lowest BCUT2D eigenvalue weighted by molar-refractivity contribution is 0.333. The van der Waals surface area contributed by atoms with Crippen molar-refractivity contribution in [3.63, 3.8) is 0 Å². The highest BCUT2D eigenvalue weighted by molar-refractivity contribution is 6.32. The van der Waals surface area contributed by atoms with Gasteiger partial charge in [-0.05, 0) is 12.1 Å². The molecule has 0 radical (unpaired) electrons. The first-order chi connectivity index (χ1) is 6.24. The van der Waals surface area contributed by atoms with Gasteiger partial charge in [0.1, 0.15) is 12.4 Å². The number of hydrogen-bond donors (Lipinski definition) is 1.